The van der Waals surface area contributed by atoms with Crippen molar-refractivity contribution in [3.8, 4) is 0 Å². The Morgan fingerprint density at radius 1 is 1.50 bits per heavy atom. The molecule has 0 bridgehead atoms. The van der Waals surface area contributed by atoms with Crippen LogP contribution < -0.4 is 0 Å². The Morgan fingerprint density at radius 3 is 1.80 bits per heavy atom. The van der Waals surface area contributed by atoms with Gasteiger partial charge in [0.25, 0.3) is 16.0 Å². The summed E-state index contributed by atoms with van der Waals surface area (Å²) in [7, 11) is -4.53. The Bertz CT molecular complexity index is 182. The molecule has 0 aromatic rings. The zero-order valence-electron chi connectivity index (χ0n) is 5.04. The summed E-state index contributed by atoms with van der Waals surface area (Å²) in [5.41, 5.74) is 0. The molecule has 0 atom stereocenters. The molecule has 0 unspecified atom stereocenters. The average molecular weight is 197 g/mol. The Kier molecular flexibility index (Phi) is 4.39. The third kappa shape index (κ3) is 10.9. The van der Waals surface area contributed by atoms with Crippen LogP contribution in [0.4, 0.5) is 8.78 Å². The fraction of sp³-hybridized carbons (Fsp3) is 1.00. The van der Waals surface area contributed by atoms with Gasteiger partial charge >= 0.3 is 0 Å². The molecule has 0 rings (SSSR count). The molecule has 3 nitrogen and oxygen atoms in total. The summed E-state index contributed by atoms with van der Waals surface area (Å²) in [6.07, 6.45) is 0. The van der Waals surface area contributed by atoms with Crippen LogP contribution in [0.1, 0.15) is 6.92 Å². The van der Waals surface area contributed by atoms with Crippen LogP contribution in [0, 0.1) is 0 Å². The molecule has 0 aromatic heterocycles. The molecular formula is C3H7ClF2O3S. The highest BCUT2D eigenvalue weighted by Crippen LogP contribution is 2.12. The van der Waals surface area contributed by atoms with Gasteiger partial charge in [-0.05, 0) is 0 Å². The molecule has 10 heavy (non-hydrogen) atoms. The molecule has 0 aliphatic rings. The van der Waals surface area contributed by atoms with Crippen LogP contribution in [-0.2, 0) is 10.1 Å². The van der Waals surface area contributed by atoms with E-state index in [2.05, 4.69) is 0 Å². The quantitative estimate of drug-likeness (QED) is 0.669. The van der Waals surface area contributed by atoms with E-state index in [1.54, 1.807) is 0 Å². The molecule has 0 spiro atoms. The predicted molar refractivity (Wildman–Crippen MR) is 34.3 cm³/mol. The third-order valence-electron chi connectivity index (χ3n) is 0.436. The van der Waals surface area contributed by atoms with E-state index in [4.69, 9.17) is 4.55 Å². The smallest absolute Gasteiger partial charge is 0.270 e. The molecule has 0 amide bonds. The topological polar surface area (TPSA) is 54.4 Å². The van der Waals surface area contributed by atoms with Gasteiger partial charge in [-0.3, -0.25) is 4.55 Å². The van der Waals surface area contributed by atoms with Crippen molar-refractivity contribution < 1.29 is 21.8 Å². The van der Waals surface area contributed by atoms with Gasteiger partial charge in [-0.25, -0.2) is 8.78 Å². The van der Waals surface area contributed by atoms with Crippen molar-refractivity contribution in [1.29, 1.82) is 0 Å². The number of hydrogen-bond donors (Lipinski definition) is 1. The van der Waals surface area contributed by atoms with Crippen LogP contribution >= 0.6 is 12.4 Å². The number of rotatable bonds is 2. The summed E-state index contributed by atoms with van der Waals surface area (Å²) in [5.74, 6) is -4.87. The summed E-state index contributed by atoms with van der Waals surface area (Å²) in [6, 6.07) is 0. The molecule has 0 aliphatic heterocycles. The zero-order chi connectivity index (χ0) is 7.71. The lowest BCUT2D eigenvalue weighted by atomic mass is 10.5. The molecule has 7 heteroatoms. The fourth-order valence-corrected chi connectivity index (χ4v) is 0.961. The maximum absolute atomic E-state index is 11.7. The van der Waals surface area contributed by atoms with Crippen LogP contribution in [0.3, 0.4) is 0 Å². The van der Waals surface area contributed by atoms with E-state index in [9.17, 15) is 17.2 Å². The molecule has 0 saturated heterocycles. The van der Waals surface area contributed by atoms with E-state index in [1.165, 1.54) is 0 Å². The van der Waals surface area contributed by atoms with Gasteiger partial charge in [0.15, 0.2) is 0 Å². The minimum Gasteiger partial charge on any atom is -0.285 e. The maximum Gasteiger partial charge on any atom is 0.270 e. The normalized spacial score (nSPS) is 12.4. The maximum atomic E-state index is 11.7. The van der Waals surface area contributed by atoms with E-state index < -0.39 is 21.8 Å². The molecule has 64 valence electrons. The van der Waals surface area contributed by atoms with Gasteiger partial charge < -0.3 is 0 Å². The minimum atomic E-state index is -4.53. The Morgan fingerprint density at radius 2 is 1.80 bits per heavy atom. The Balaban J connectivity index is 0. The first kappa shape index (κ1) is 12.7. The van der Waals surface area contributed by atoms with Crippen LogP contribution in [-0.4, -0.2) is 24.6 Å². The van der Waals surface area contributed by atoms with Gasteiger partial charge in [0, 0.05) is 6.92 Å². The van der Waals surface area contributed by atoms with Crippen LogP contribution in [0.15, 0.2) is 0 Å². The summed E-state index contributed by atoms with van der Waals surface area (Å²) in [4.78, 5) is 0. The van der Waals surface area contributed by atoms with Crippen molar-refractivity contribution >= 4 is 22.5 Å². The zero-order valence-corrected chi connectivity index (χ0v) is 6.68. The third-order valence-corrected chi connectivity index (χ3v) is 1.31. The highest BCUT2D eigenvalue weighted by Gasteiger charge is 2.28. The van der Waals surface area contributed by atoms with Crippen molar-refractivity contribution in [3.05, 3.63) is 0 Å². The Labute approximate surface area is 63.6 Å². The second kappa shape index (κ2) is 3.45. The van der Waals surface area contributed by atoms with Gasteiger partial charge in [0.2, 0.25) is 0 Å². The van der Waals surface area contributed by atoms with Gasteiger partial charge in [-0.2, -0.15) is 8.42 Å². The van der Waals surface area contributed by atoms with E-state index in [0.717, 1.165) is 0 Å². The SMILES string of the molecule is CC(F)(F)CS(=O)(=O)O.Cl. The van der Waals surface area contributed by atoms with E-state index in [-0.39, 0.29) is 12.4 Å². The first-order chi connectivity index (χ1) is 3.71. The van der Waals surface area contributed by atoms with Crippen molar-refractivity contribution in [2.75, 3.05) is 5.75 Å². The molecule has 0 aliphatic carbocycles. The second-order valence-electron chi connectivity index (χ2n) is 1.80. The van der Waals surface area contributed by atoms with E-state index in [1.807, 2.05) is 0 Å². The summed E-state index contributed by atoms with van der Waals surface area (Å²) < 4.78 is 50.6. The Hall–Kier alpha value is 0.0600. The van der Waals surface area contributed by atoms with Crippen molar-refractivity contribution in [2.45, 2.75) is 12.8 Å². The van der Waals surface area contributed by atoms with Gasteiger partial charge in [0.1, 0.15) is 5.75 Å². The molecule has 0 aromatic carbocycles. The highest BCUT2D eigenvalue weighted by molar-refractivity contribution is 7.85. The molecule has 0 saturated carbocycles. The van der Waals surface area contributed by atoms with E-state index in [0.29, 0.717) is 6.92 Å². The van der Waals surface area contributed by atoms with Crippen molar-refractivity contribution in [1.82, 2.24) is 0 Å². The first-order valence-corrected chi connectivity index (χ1v) is 3.65. The first-order valence-electron chi connectivity index (χ1n) is 2.04. The highest BCUT2D eigenvalue weighted by atomic mass is 35.5. The standard InChI is InChI=1S/C3H6F2O3S.ClH/c1-3(4,5)2-9(6,7)8;/h2H2,1H3,(H,6,7,8);1H. The molecular weight excluding hydrogens is 190 g/mol. The van der Waals surface area contributed by atoms with Crippen LogP contribution in [0.25, 0.3) is 0 Å². The average Bonchev–Trinajstić information content (AvgIpc) is 1.14. The number of halogens is 3. The summed E-state index contributed by atoms with van der Waals surface area (Å²) >= 11 is 0. The lowest BCUT2D eigenvalue weighted by Crippen LogP contribution is -2.23. The largest absolute Gasteiger partial charge is 0.285 e. The lowest BCUT2D eigenvalue weighted by molar-refractivity contribution is 0.0458. The molecule has 0 fully saturated rings. The second-order valence-corrected chi connectivity index (χ2v) is 3.25. The molecule has 0 heterocycles. The monoisotopic (exact) mass is 196 g/mol. The van der Waals surface area contributed by atoms with Gasteiger partial charge in [0.05, 0.1) is 0 Å². The summed E-state index contributed by atoms with van der Waals surface area (Å²) in [6.45, 7) is 0.417. The van der Waals surface area contributed by atoms with Gasteiger partial charge in [-0.1, -0.05) is 0 Å². The predicted octanol–water partition coefficient (Wildman–Crippen LogP) is 0.951. The van der Waals surface area contributed by atoms with E-state index >= 15 is 0 Å². The summed E-state index contributed by atoms with van der Waals surface area (Å²) in [5, 5.41) is 0. The number of hydrogen-bond acceptors (Lipinski definition) is 2. The molecule has 0 radical (unpaired) electrons. The van der Waals surface area contributed by atoms with Crippen molar-refractivity contribution in [2.24, 2.45) is 0 Å². The molecule has 1 N–H and O–H groups in total. The number of alkyl halides is 2. The minimum absolute atomic E-state index is 0. The van der Waals surface area contributed by atoms with Crippen LogP contribution in [0.2, 0.25) is 0 Å². The van der Waals surface area contributed by atoms with Crippen molar-refractivity contribution in [3.63, 3.8) is 0 Å². The van der Waals surface area contributed by atoms with Gasteiger partial charge in [-0.15, -0.1) is 12.4 Å². The lowest BCUT2D eigenvalue weighted by Gasteiger charge is -2.05. The van der Waals surface area contributed by atoms with Crippen LogP contribution in [0.5, 0.6) is 0 Å². The fourth-order valence-electron chi connectivity index (χ4n) is 0.320.